The van der Waals surface area contributed by atoms with Crippen molar-refractivity contribution in [2.24, 2.45) is 7.05 Å². The van der Waals surface area contributed by atoms with E-state index in [0.29, 0.717) is 12.4 Å². The van der Waals surface area contributed by atoms with E-state index in [-0.39, 0.29) is 17.4 Å². The number of likely N-dealkylation sites (tertiary alicyclic amines) is 1. The van der Waals surface area contributed by atoms with Crippen molar-refractivity contribution in [3.63, 3.8) is 0 Å². The van der Waals surface area contributed by atoms with E-state index >= 15 is 0 Å². The first-order valence-electron chi connectivity index (χ1n) is 11.0. The Labute approximate surface area is 184 Å². The van der Waals surface area contributed by atoms with Crippen LogP contribution in [0.1, 0.15) is 57.5 Å². The zero-order valence-electron chi connectivity index (χ0n) is 18.9. The molecule has 3 heterocycles. The van der Waals surface area contributed by atoms with E-state index in [1.807, 2.05) is 59.0 Å². The normalized spacial score (nSPS) is 17.6. The average Bonchev–Trinajstić information content (AvgIpc) is 3.35. The summed E-state index contributed by atoms with van der Waals surface area (Å²) in [6, 6.07) is 14.2. The third-order valence-corrected chi connectivity index (χ3v) is 5.91. The highest BCUT2D eigenvalue weighted by Crippen LogP contribution is 2.31. The molecule has 0 unspecified atom stereocenters. The third kappa shape index (κ3) is 4.71. The molecule has 2 aromatic heterocycles. The van der Waals surface area contributed by atoms with Gasteiger partial charge in [0.1, 0.15) is 5.82 Å². The molecule has 0 spiro atoms. The summed E-state index contributed by atoms with van der Waals surface area (Å²) in [6.45, 7) is 7.64. The zero-order valence-corrected chi connectivity index (χ0v) is 18.9. The lowest BCUT2D eigenvalue weighted by atomic mass is 9.92. The van der Waals surface area contributed by atoms with Gasteiger partial charge in [-0.05, 0) is 37.6 Å². The van der Waals surface area contributed by atoms with Crippen molar-refractivity contribution >= 4 is 11.7 Å². The Balaban J connectivity index is 1.55. The van der Waals surface area contributed by atoms with E-state index < -0.39 is 0 Å². The number of aryl methyl sites for hydroxylation is 1. The first-order valence-corrected chi connectivity index (χ1v) is 11.0. The molecule has 164 valence electrons. The molecule has 1 fully saturated rings. The molecular weight excluding hydrogens is 388 g/mol. The van der Waals surface area contributed by atoms with Gasteiger partial charge in [0.15, 0.2) is 0 Å². The predicted octanol–water partition coefficient (Wildman–Crippen LogP) is 4.07. The largest absolute Gasteiger partial charge is 0.309 e. The van der Waals surface area contributed by atoms with E-state index in [1.165, 1.54) is 6.42 Å². The molecule has 0 saturated carbocycles. The van der Waals surface area contributed by atoms with Gasteiger partial charge in [0.05, 0.1) is 29.7 Å². The fraction of sp³-hybridized carbons (Fsp3) is 0.458. The predicted molar refractivity (Wildman–Crippen MR) is 122 cm³/mol. The minimum absolute atomic E-state index is 0.0217. The highest BCUT2D eigenvalue weighted by molar-refractivity contribution is 5.91. The number of benzene rings is 1. The number of carbonyl (C=O) groups excluding carboxylic acids is 1. The molecule has 7 heteroatoms. The summed E-state index contributed by atoms with van der Waals surface area (Å²) in [5.74, 6) is 0.682. The number of hydrogen-bond donors (Lipinski definition) is 1. The van der Waals surface area contributed by atoms with Crippen LogP contribution in [0.3, 0.4) is 0 Å². The van der Waals surface area contributed by atoms with Crippen LogP contribution >= 0.6 is 0 Å². The molecule has 0 aliphatic carbocycles. The number of para-hydroxylation sites is 1. The highest BCUT2D eigenvalue weighted by atomic mass is 16.2. The van der Waals surface area contributed by atoms with Crippen LogP contribution < -0.4 is 5.32 Å². The molecule has 0 radical (unpaired) electrons. The van der Waals surface area contributed by atoms with Gasteiger partial charge in [0.25, 0.3) is 0 Å². The fourth-order valence-corrected chi connectivity index (χ4v) is 4.20. The standard InChI is InChI=1S/C24H32N6O/c1-24(2,3)21-16-22(30(27-21)18-10-6-5-7-11-18)26-23(31)17-29-15-9-8-12-20(29)19-13-14-25-28(19)4/h5-7,10-11,13-14,16,20H,8-9,12,15,17H2,1-4H3,(H,26,31)/t20-/m0/s1. The summed E-state index contributed by atoms with van der Waals surface area (Å²) in [4.78, 5) is 15.4. The van der Waals surface area contributed by atoms with Crippen molar-refractivity contribution in [1.29, 1.82) is 0 Å². The summed E-state index contributed by atoms with van der Waals surface area (Å²) in [7, 11) is 1.97. The van der Waals surface area contributed by atoms with Gasteiger partial charge < -0.3 is 5.32 Å². The van der Waals surface area contributed by atoms with Gasteiger partial charge in [0, 0.05) is 24.7 Å². The SMILES string of the molecule is Cn1nccc1[C@@H]1CCCCN1CC(=O)Nc1cc(C(C)(C)C)nn1-c1ccccc1. The van der Waals surface area contributed by atoms with Crippen LogP contribution in [0.2, 0.25) is 0 Å². The number of rotatable bonds is 5. The molecule has 4 rings (SSSR count). The highest BCUT2D eigenvalue weighted by Gasteiger charge is 2.28. The van der Waals surface area contributed by atoms with Crippen molar-refractivity contribution in [3.05, 3.63) is 60.0 Å². The number of amides is 1. The Morgan fingerprint density at radius 1 is 1.16 bits per heavy atom. The number of aromatic nitrogens is 4. The smallest absolute Gasteiger partial charge is 0.239 e. The zero-order chi connectivity index (χ0) is 22.0. The van der Waals surface area contributed by atoms with Gasteiger partial charge in [0.2, 0.25) is 5.91 Å². The van der Waals surface area contributed by atoms with Crippen molar-refractivity contribution in [1.82, 2.24) is 24.5 Å². The van der Waals surface area contributed by atoms with E-state index in [1.54, 1.807) is 0 Å². The summed E-state index contributed by atoms with van der Waals surface area (Å²) in [5, 5.41) is 12.2. The molecule has 1 aromatic carbocycles. The second-order valence-electron chi connectivity index (χ2n) is 9.32. The van der Waals surface area contributed by atoms with Crippen molar-refractivity contribution in [3.8, 4) is 5.69 Å². The van der Waals surface area contributed by atoms with E-state index in [4.69, 9.17) is 5.10 Å². The number of nitrogens with one attached hydrogen (secondary N) is 1. The van der Waals surface area contributed by atoms with Crippen LogP contribution in [0.15, 0.2) is 48.7 Å². The maximum Gasteiger partial charge on any atom is 0.239 e. The minimum Gasteiger partial charge on any atom is -0.309 e. The van der Waals surface area contributed by atoms with Crippen LogP contribution in [0.25, 0.3) is 5.69 Å². The quantitative estimate of drug-likeness (QED) is 0.676. The molecule has 31 heavy (non-hydrogen) atoms. The average molecular weight is 421 g/mol. The molecule has 1 aliphatic heterocycles. The Bertz CT molecular complexity index is 1030. The molecule has 1 atom stereocenters. The number of carbonyl (C=O) groups is 1. The van der Waals surface area contributed by atoms with Gasteiger partial charge in [-0.3, -0.25) is 14.4 Å². The molecule has 7 nitrogen and oxygen atoms in total. The summed E-state index contributed by atoms with van der Waals surface area (Å²) >= 11 is 0. The lowest BCUT2D eigenvalue weighted by molar-refractivity contribution is -0.118. The summed E-state index contributed by atoms with van der Waals surface area (Å²) < 4.78 is 3.74. The van der Waals surface area contributed by atoms with Crippen molar-refractivity contribution in [2.75, 3.05) is 18.4 Å². The van der Waals surface area contributed by atoms with Crippen LogP contribution in [0.4, 0.5) is 5.82 Å². The van der Waals surface area contributed by atoms with Crippen LogP contribution in [-0.2, 0) is 17.3 Å². The van der Waals surface area contributed by atoms with Crippen LogP contribution in [0.5, 0.6) is 0 Å². The molecule has 3 aromatic rings. The van der Waals surface area contributed by atoms with Gasteiger partial charge in [-0.15, -0.1) is 0 Å². The lowest BCUT2D eigenvalue weighted by Gasteiger charge is -2.35. The summed E-state index contributed by atoms with van der Waals surface area (Å²) in [6.07, 6.45) is 5.15. The van der Waals surface area contributed by atoms with Crippen molar-refractivity contribution in [2.45, 2.75) is 51.5 Å². The lowest BCUT2D eigenvalue weighted by Crippen LogP contribution is -2.40. The summed E-state index contributed by atoms with van der Waals surface area (Å²) in [5.41, 5.74) is 2.92. The van der Waals surface area contributed by atoms with Gasteiger partial charge >= 0.3 is 0 Å². The minimum atomic E-state index is -0.114. The molecule has 1 amide bonds. The molecular formula is C24H32N6O. The van der Waals surface area contributed by atoms with Gasteiger partial charge in [-0.25, -0.2) is 4.68 Å². The first-order chi connectivity index (χ1) is 14.8. The van der Waals surface area contributed by atoms with E-state index in [9.17, 15) is 4.79 Å². The van der Waals surface area contributed by atoms with Crippen LogP contribution in [-0.4, -0.2) is 43.5 Å². The van der Waals surface area contributed by atoms with Gasteiger partial charge in [-0.2, -0.15) is 10.2 Å². The Morgan fingerprint density at radius 2 is 1.94 bits per heavy atom. The topological polar surface area (TPSA) is 68.0 Å². The number of piperidine rings is 1. The molecule has 0 bridgehead atoms. The third-order valence-electron chi connectivity index (χ3n) is 5.91. The number of nitrogens with zero attached hydrogens (tertiary/aromatic N) is 5. The van der Waals surface area contributed by atoms with Crippen molar-refractivity contribution < 1.29 is 4.79 Å². The van der Waals surface area contributed by atoms with E-state index in [2.05, 4.69) is 42.2 Å². The monoisotopic (exact) mass is 420 g/mol. The van der Waals surface area contributed by atoms with Crippen LogP contribution in [0, 0.1) is 0 Å². The molecule has 1 saturated heterocycles. The fourth-order valence-electron chi connectivity index (χ4n) is 4.20. The number of anilines is 1. The Kier molecular flexibility index (Phi) is 5.96. The first kappa shape index (κ1) is 21.3. The van der Waals surface area contributed by atoms with E-state index in [0.717, 1.165) is 36.5 Å². The maximum atomic E-state index is 13.1. The molecule has 1 aliphatic rings. The Morgan fingerprint density at radius 3 is 2.61 bits per heavy atom. The Hall–Kier alpha value is -2.93. The van der Waals surface area contributed by atoms with Gasteiger partial charge in [-0.1, -0.05) is 45.4 Å². The molecule has 1 N–H and O–H groups in total. The second-order valence-corrected chi connectivity index (χ2v) is 9.32. The maximum absolute atomic E-state index is 13.1. The number of hydrogen-bond acceptors (Lipinski definition) is 4. The second kappa shape index (κ2) is 8.67.